The molecule has 0 aromatic carbocycles. The summed E-state index contributed by atoms with van der Waals surface area (Å²) in [6, 6.07) is 1.91. The quantitative estimate of drug-likeness (QED) is 0.734. The summed E-state index contributed by atoms with van der Waals surface area (Å²) in [5.41, 5.74) is 0.609. The number of aryl methyl sites for hydroxylation is 1. The zero-order valence-corrected chi connectivity index (χ0v) is 12.3. The summed E-state index contributed by atoms with van der Waals surface area (Å²) in [6.07, 6.45) is 3.57. The lowest BCUT2D eigenvalue weighted by molar-refractivity contribution is -0.130. The van der Waals surface area contributed by atoms with Gasteiger partial charge in [0.2, 0.25) is 5.91 Å². The van der Waals surface area contributed by atoms with Crippen molar-refractivity contribution in [3.8, 4) is 0 Å². The van der Waals surface area contributed by atoms with Crippen LogP contribution in [0.3, 0.4) is 0 Å². The van der Waals surface area contributed by atoms with Crippen LogP contribution in [0.4, 0.5) is 5.82 Å². The highest BCUT2D eigenvalue weighted by Crippen LogP contribution is 2.30. The number of methoxy groups -OCH3 is 1. The Hall–Kier alpha value is -1.40. The Balaban J connectivity index is 2.03. The standard InChI is InChI=1S/C14H24N4O2/c1-3-4-11-9-12(18-17-11)16-13(19)14(10-20-2)5-7-15-8-6-14/h9,15H,3-8,10H2,1-2H3,(H2,16,17,18,19). The fourth-order valence-corrected chi connectivity index (χ4v) is 2.69. The summed E-state index contributed by atoms with van der Waals surface area (Å²) in [4.78, 5) is 12.6. The van der Waals surface area contributed by atoms with Gasteiger partial charge in [-0.2, -0.15) is 5.10 Å². The van der Waals surface area contributed by atoms with Crippen LogP contribution in [0.2, 0.25) is 0 Å². The van der Waals surface area contributed by atoms with Crippen LogP contribution in [0.1, 0.15) is 31.9 Å². The summed E-state index contributed by atoms with van der Waals surface area (Å²) in [5.74, 6) is 0.614. The molecular weight excluding hydrogens is 256 g/mol. The van der Waals surface area contributed by atoms with Crippen LogP contribution in [0.5, 0.6) is 0 Å². The number of carbonyl (C=O) groups is 1. The first-order chi connectivity index (χ1) is 9.70. The molecule has 3 N–H and O–H groups in total. The van der Waals surface area contributed by atoms with Crippen molar-refractivity contribution in [3.63, 3.8) is 0 Å². The first kappa shape index (κ1) is 15.0. The molecule has 0 unspecified atom stereocenters. The fourth-order valence-electron chi connectivity index (χ4n) is 2.69. The molecule has 1 aromatic rings. The third-order valence-corrected chi connectivity index (χ3v) is 3.85. The van der Waals surface area contributed by atoms with Gasteiger partial charge in [0, 0.05) is 18.9 Å². The van der Waals surface area contributed by atoms with Crippen LogP contribution in [-0.2, 0) is 16.0 Å². The van der Waals surface area contributed by atoms with Gasteiger partial charge >= 0.3 is 0 Å². The molecule has 1 amide bonds. The van der Waals surface area contributed by atoms with Crippen LogP contribution >= 0.6 is 0 Å². The van der Waals surface area contributed by atoms with Gasteiger partial charge < -0.3 is 15.4 Å². The lowest BCUT2D eigenvalue weighted by Crippen LogP contribution is -2.47. The molecule has 6 heteroatoms. The second-order valence-electron chi connectivity index (χ2n) is 5.45. The van der Waals surface area contributed by atoms with E-state index in [-0.39, 0.29) is 5.91 Å². The second-order valence-corrected chi connectivity index (χ2v) is 5.45. The minimum Gasteiger partial charge on any atom is -0.384 e. The minimum absolute atomic E-state index is 0.00963. The van der Waals surface area contributed by atoms with E-state index in [1.165, 1.54) is 0 Å². The van der Waals surface area contributed by atoms with Crippen molar-refractivity contribution in [3.05, 3.63) is 11.8 Å². The number of nitrogens with one attached hydrogen (secondary N) is 3. The van der Waals surface area contributed by atoms with Crippen LogP contribution in [0.15, 0.2) is 6.07 Å². The maximum absolute atomic E-state index is 12.6. The van der Waals surface area contributed by atoms with E-state index < -0.39 is 5.41 Å². The van der Waals surface area contributed by atoms with Gasteiger partial charge in [-0.3, -0.25) is 9.89 Å². The molecule has 0 aliphatic carbocycles. The molecule has 1 aliphatic heterocycles. The molecule has 20 heavy (non-hydrogen) atoms. The Morgan fingerprint density at radius 1 is 1.50 bits per heavy atom. The smallest absolute Gasteiger partial charge is 0.234 e. The molecule has 0 saturated carbocycles. The minimum atomic E-state index is -0.441. The number of amides is 1. The summed E-state index contributed by atoms with van der Waals surface area (Å²) >= 11 is 0. The number of piperidine rings is 1. The van der Waals surface area contributed by atoms with Gasteiger partial charge in [-0.1, -0.05) is 13.3 Å². The third kappa shape index (κ3) is 3.37. The number of rotatable bonds is 6. The number of ether oxygens (including phenoxy) is 1. The molecule has 1 fully saturated rings. The Labute approximate surface area is 119 Å². The molecule has 0 spiro atoms. The maximum atomic E-state index is 12.6. The molecular formula is C14H24N4O2. The van der Waals surface area contributed by atoms with Crippen molar-refractivity contribution in [1.82, 2.24) is 15.5 Å². The third-order valence-electron chi connectivity index (χ3n) is 3.85. The van der Waals surface area contributed by atoms with Crippen molar-refractivity contribution in [1.29, 1.82) is 0 Å². The Morgan fingerprint density at radius 3 is 2.90 bits per heavy atom. The van der Waals surface area contributed by atoms with Gasteiger partial charge in [0.1, 0.15) is 0 Å². The van der Waals surface area contributed by atoms with Crippen molar-refractivity contribution in [2.45, 2.75) is 32.6 Å². The molecule has 0 atom stereocenters. The number of anilines is 1. The Kier molecular flexibility index (Phi) is 5.14. The molecule has 112 valence electrons. The topological polar surface area (TPSA) is 79.0 Å². The van der Waals surface area contributed by atoms with Crippen LogP contribution in [0.25, 0.3) is 0 Å². The zero-order valence-electron chi connectivity index (χ0n) is 12.3. The van der Waals surface area contributed by atoms with E-state index in [4.69, 9.17) is 4.74 Å². The summed E-state index contributed by atoms with van der Waals surface area (Å²) in [5, 5.41) is 13.3. The van der Waals surface area contributed by atoms with Crippen molar-refractivity contribution in [2.75, 3.05) is 32.1 Å². The first-order valence-corrected chi connectivity index (χ1v) is 7.25. The van der Waals surface area contributed by atoms with Gasteiger partial charge in [-0.15, -0.1) is 0 Å². The van der Waals surface area contributed by atoms with Crippen molar-refractivity contribution >= 4 is 11.7 Å². The zero-order chi connectivity index (χ0) is 14.4. The lowest BCUT2D eigenvalue weighted by Gasteiger charge is -2.35. The van der Waals surface area contributed by atoms with Gasteiger partial charge in [-0.05, 0) is 32.4 Å². The van der Waals surface area contributed by atoms with E-state index in [2.05, 4.69) is 27.8 Å². The van der Waals surface area contributed by atoms with E-state index in [1.807, 2.05) is 6.07 Å². The Bertz CT molecular complexity index is 433. The molecule has 1 aliphatic rings. The lowest BCUT2D eigenvalue weighted by atomic mass is 9.78. The predicted octanol–water partition coefficient (Wildman–Crippen LogP) is 1.32. The number of H-pyrrole nitrogens is 1. The normalized spacial score (nSPS) is 17.9. The number of hydrogen-bond donors (Lipinski definition) is 3. The monoisotopic (exact) mass is 280 g/mol. The maximum Gasteiger partial charge on any atom is 0.234 e. The van der Waals surface area contributed by atoms with Crippen molar-refractivity contribution < 1.29 is 9.53 Å². The highest BCUT2D eigenvalue weighted by molar-refractivity contribution is 5.94. The average molecular weight is 280 g/mol. The summed E-state index contributed by atoms with van der Waals surface area (Å²) in [6.45, 7) is 4.26. The van der Waals surface area contributed by atoms with Gasteiger partial charge in [-0.25, -0.2) is 0 Å². The van der Waals surface area contributed by atoms with E-state index in [0.717, 1.165) is 44.5 Å². The van der Waals surface area contributed by atoms with Gasteiger partial charge in [0.25, 0.3) is 0 Å². The average Bonchev–Trinajstić information content (AvgIpc) is 2.88. The second kappa shape index (κ2) is 6.85. The van der Waals surface area contributed by atoms with Crippen molar-refractivity contribution in [2.24, 2.45) is 5.41 Å². The molecule has 6 nitrogen and oxygen atoms in total. The largest absolute Gasteiger partial charge is 0.384 e. The van der Waals surface area contributed by atoms with Crippen LogP contribution < -0.4 is 10.6 Å². The number of nitrogens with zero attached hydrogens (tertiary/aromatic N) is 1. The first-order valence-electron chi connectivity index (χ1n) is 7.25. The number of hydrogen-bond acceptors (Lipinski definition) is 4. The van der Waals surface area contributed by atoms with Gasteiger partial charge in [0.05, 0.1) is 12.0 Å². The highest BCUT2D eigenvalue weighted by Gasteiger charge is 2.39. The molecule has 0 radical (unpaired) electrons. The fraction of sp³-hybridized carbons (Fsp3) is 0.714. The molecule has 1 saturated heterocycles. The van der Waals surface area contributed by atoms with Gasteiger partial charge in [0.15, 0.2) is 5.82 Å². The number of aromatic nitrogens is 2. The Morgan fingerprint density at radius 2 is 2.25 bits per heavy atom. The van der Waals surface area contributed by atoms with E-state index >= 15 is 0 Å². The molecule has 1 aromatic heterocycles. The summed E-state index contributed by atoms with van der Waals surface area (Å²) < 4.78 is 5.27. The van der Waals surface area contributed by atoms with E-state index in [9.17, 15) is 4.79 Å². The molecule has 0 bridgehead atoms. The number of aromatic amines is 1. The van der Waals surface area contributed by atoms with Crippen LogP contribution in [0, 0.1) is 5.41 Å². The predicted molar refractivity (Wildman–Crippen MR) is 77.6 cm³/mol. The SMILES string of the molecule is CCCc1cc(NC(=O)C2(COC)CCNCC2)n[nH]1. The number of carbonyl (C=O) groups excluding carboxylic acids is 1. The summed E-state index contributed by atoms with van der Waals surface area (Å²) in [7, 11) is 1.64. The van der Waals surface area contributed by atoms with E-state index in [1.54, 1.807) is 7.11 Å². The van der Waals surface area contributed by atoms with E-state index in [0.29, 0.717) is 12.4 Å². The highest BCUT2D eigenvalue weighted by atomic mass is 16.5. The molecule has 2 rings (SSSR count). The molecule has 2 heterocycles. The van der Waals surface area contributed by atoms with Crippen LogP contribution in [-0.4, -0.2) is 42.9 Å².